The Balaban J connectivity index is 2.80. The summed E-state index contributed by atoms with van der Waals surface area (Å²) in [5, 5.41) is 8.59. The highest BCUT2D eigenvalue weighted by molar-refractivity contribution is 4.47. The van der Waals surface area contributed by atoms with Crippen molar-refractivity contribution in [3.05, 3.63) is 6.29 Å². The second-order valence-electron chi connectivity index (χ2n) is 2.33. The van der Waals surface area contributed by atoms with Gasteiger partial charge in [0.25, 0.3) is 0 Å². The summed E-state index contributed by atoms with van der Waals surface area (Å²) in [5.74, 6) is 0. The molecule has 3 heteroatoms. The first-order chi connectivity index (χ1) is 5.27. The second-order valence-corrected chi connectivity index (χ2v) is 2.33. The number of hydrogen-bond acceptors (Lipinski definition) is 3. The van der Waals surface area contributed by atoms with E-state index in [0.29, 0.717) is 13.2 Å². The van der Waals surface area contributed by atoms with E-state index in [1.54, 1.807) is 0 Å². The van der Waals surface area contributed by atoms with Crippen molar-refractivity contribution in [3.8, 4) is 0 Å². The molecule has 0 saturated carbocycles. The maximum atomic E-state index is 8.59. The monoisotopic (exact) mass is 161 g/mol. The molecule has 3 nitrogen and oxygen atoms in total. The van der Waals surface area contributed by atoms with E-state index in [9.17, 15) is 0 Å². The number of aliphatic hydroxyl groups excluding tert-OH is 1. The molecular weight excluding hydrogens is 144 g/mol. The van der Waals surface area contributed by atoms with E-state index in [-0.39, 0.29) is 6.29 Å². The second kappa shape index (κ2) is 7.98. The van der Waals surface area contributed by atoms with E-state index < -0.39 is 0 Å². The summed E-state index contributed by atoms with van der Waals surface area (Å²) in [4.78, 5) is 0. The minimum Gasteiger partial charge on any atom is -0.379 e. The van der Waals surface area contributed by atoms with Gasteiger partial charge in [-0.1, -0.05) is 13.3 Å². The van der Waals surface area contributed by atoms with Crippen molar-refractivity contribution in [1.29, 1.82) is 0 Å². The maximum absolute atomic E-state index is 8.59. The maximum Gasteiger partial charge on any atom is 0.217 e. The average Bonchev–Trinajstić information content (AvgIpc) is 1.96. The highest BCUT2D eigenvalue weighted by atomic mass is 16.6. The Kier molecular flexibility index (Phi) is 7.89. The fraction of sp³-hybridized carbons (Fsp3) is 0.875. The van der Waals surface area contributed by atoms with Gasteiger partial charge >= 0.3 is 0 Å². The molecule has 0 fully saturated rings. The minimum absolute atomic E-state index is 0.00379. The third kappa shape index (κ3) is 9.88. The zero-order chi connectivity index (χ0) is 8.53. The van der Waals surface area contributed by atoms with Gasteiger partial charge in [-0.25, -0.2) is 0 Å². The molecule has 0 aliphatic heterocycles. The van der Waals surface area contributed by atoms with Crippen LogP contribution in [0.3, 0.4) is 0 Å². The van der Waals surface area contributed by atoms with Gasteiger partial charge in [0.1, 0.15) is 0 Å². The molecule has 0 aliphatic carbocycles. The molecule has 0 amide bonds. The van der Waals surface area contributed by atoms with Crippen LogP contribution in [0.15, 0.2) is 0 Å². The first kappa shape index (κ1) is 10.9. The van der Waals surface area contributed by atoms with Crippen LogP contribution in [0.4, 0.5) is 0 Å². The Bertz CT molecular complexity index is 73.7. The third-order valence-corrected chi connectivity index (χ3v) is 1.18. The molecule has 0 unspecified atom stereocenters. The Hall–Kier alpha value is -0.120. The van der Waals surface area contributed by atoms with Crippen LogP contribution in [-0.4, -0.2) is 24.9 Å². The standard InChI is InChI=1S/C8H17O3/c1-3-4-5-10-6-7-11-8(2)9/h9H,3-7H2,1-2H3. The number of ether oxygens (including phenoxy) is 2. The summed E-state index contributed by atoms with van der Waals surface area (Å²) < 4.78 is 9.94. The molecule has 0 aromatic rings. The lowest BCUT2D eigenvalue weighted by Crippen LogP contribution is -2.07. The van der Waals surface area contributed by atoms with Gasteiger partial charge in [-0.15, -0.1) is 0 Å². The number of rotatable bonds is 7. The lowest BCUT2D eigenvalue weighted by atomic mass is 10.4. The van der Waals surface area contributed by atoms with Crippen LogP contribution < -0.4 is 0 Å². The van der Waals surface area contributed by atoms with Gasteiger partial charge in [-0.3, -0.25) is 0 Å². The van der Waals surface area contributed by atoms with Crippen molar-refractivity contribution >= 4 is 0 Å². The largest absolute Gasteiger partial charge is 0.379 e. The van der Waals surface area contributed by atoms with Gasteiger partial charge < -0.3 is 14.6 Å². The van der Waals surface area contributed by atoms with E-state index in [2.05, 4.69) is 6.92 Å². The number of hydrogen-bond donors (Lipinski definition) is 1. The normalized spacial score (nSPS) is 10.9. The van der Waals surface area contributed by atoms with Crippen LogP contribution in [0.1, 0.15) is 26.7 Å². The predicted octanol–water partition coefficient (Wildman–Crippen LogP) is 1.70. The summed E-state index contributed by atoms with van der Waals surface area (Å²) in [7, 11) is 0. The van der Waals surface area contributed by atoms with Crippen molar-refractivity contribution in [2.45, 2.75) is 26.7 Å². The van der Waals surface area contributed by atoms with Crippen LogP contribution in [0, 0.1) is 6.29 Å². The van der Waals surface area contributed by atoms with E-state index in [1.165, 1.54) is 6.92 Å². The molecule has 0 aliphatic rings. The summed E-state index contributed by atoms with van der Waals surface area (Å²) in [6.07, 6.45) is 2.23. The number of unbranched alkanes of at least 4 members (excludes halogenated alkanes) is 1. The molecule has 0 spiro atoms. The summed E-state index contributed by atoms with van der Waals surface area (Å²) in [6, 6.07) is 0. The fourth-order valence-electron chi connectivity index (χ4n) is 0.597. The first-order valence-corrected chi connectivity index (χ1v) is 4.00. The molecule has 0 rings (SSSR count). The fourth-order valence-corrected chi connectivity index (χ4v) is 0.597. The zero-order valence-corrected chi connectivity index (χ0v) is 7.30. The molecule has 1 N–H and O–H groups in total. The zero-order valence-electron chi connectivity index (χ0n) is 7.30. The van der Waals surface area contributed by atoms with Gasteiger partial charge in [0.05, 0.1) is 13.2 Å². The van der Waals surface area contributed by atoms with E-state index in [0.717, 1.165) is 19.4 Å². The summed E-state index contributed by atoms with van der Waals surface area (Å²) >= 11 is 0. The van der Waals surface area contributed by atoms with Crippen molar-refractivity contribution in [1.82, 2.24) is 0 Å². The van der Waals surface area contributed by atoms with E-state index in [1.807, 2.05) is 0 Å². The Morgan fingerprint density at radius 2 is 2.00 bits per heavy atom. The van der Waals surface area contributed by atoms with Gasteiger partial charge in [0, 0.05) is 6.61 Å². The van der Waals surface area contributed by atoms with Crippen LogP contribution in [0.25, 0.3) is 0 Å². The smallest absolute Gasteiger partial charge is 0.217 e. The van der Waals surface area contributed by atoms with Gasteiger partial charge in [0.2, 0.25) is 6.29 Å². The Morgan fingerprint density at radius 3 is 2.55 bits per heavy atom. The van der Waals surface area contributed by atoms with E-state index >= 15 is 0 Å². The third-order valence-electron chi connectivity index (χ3n) is 1.18. The molecule has 1 radical (unpaired) electrons. The summed E-state index contributed by atoms with van der Waals surface area (Å²) in [5.41, 5.74) is 0. The van der Waals surface area contributed by atoms with Crippen LogP contribution >= 0.6 is 0 Å². The van der Waals surface area contributed by atoms with Crippen LogP contribution in [0.5, 0.6) is 0 Å². The number of aliphatic hydroxyl groups is 1. The predicted molar refractivity (Wildman–Crippen MR) is 42.5 cm³/mol. The average molecular weight is 161 g/mol. The highest BCUT2D eigenvalue weighted by Gasteiger charge is 1.95. The van der Waals surface area contributed by atoms with Crippen molar-refractivity contribution < 1.29 is 14.6 Å². The molecule has 0 atom stereocenters. The van der Waals surface area contributed by atoms with Crippen molar-refractivity contribution in [3.63, 3.8) is 0 Å². The van der Waals surface area contributed by atoms with Gasteiger partial charge in [0.15, 0.2) is 0 Å². The van der Waals surface area contributed by atoms with Crippen molar-refractivity contribution in [2.24, 2.45) is 0 Å². The molecule has 11 heavy (non-hydrogen) atoms. The molecule has 67 valence electrons. The highest BCUT2D eigenvalue weighted by Crippen LogP contribution is 1.93. The Morgan fingerprint density at radius 1 is 1.27 bits per heavy atom. The lowest BCUT2D eigenvalue weighted by molar-refractivity contribution is -0.0164. The van der Waals surface area contributed by atoms with Crippen LogP contribution in [0.2, 0.25) is 0 Å². The minimum atomic E-state index is 0.00379. The lowest BCUT2D eigenvalue weighted by Gasteiger charge is -2.05. The van der Waals surface area contributed by atoms with Gasteiger partial charge in [-0.2, -0.15) is 0 Å². The first-order valence-electron chi connectivity index (χ1n) is 4.00. The van der Waals surface area contributed by atoms with Gasteiger partial charge in [-0.05, 0) is 13.3 Å². The van der Waals surface area contributed by atoms with Crippen molar-refractivity contribution in [2.75, 3.05) is 19.8 Å². The molecule has 0 heterocycles. The molecule has 0 aromatic heterocycles. The Labute approximate surface area is 68.3 Å². The van der Waals surface area contributed by atoms with Crippen LogP contribution in [-0.2, 0) is 9.47 Å². The molecular formula is C8H17O3. The SMILES string of the molecule is CCCCOCCO[C](C)O. The summed E-state index contributed by atoms with van der Waals surface area (Å²) in [6.45, 7) is 5.39. The topological polar surface area (TPSA) is 38.7 Å². The quantitative estimate of drug-likeness (QED) is 0.577. The molecule has 0 bridgehead atoms. The molecule has 0 aromatic carbocycles. The molecule has 0 saturated heterocycles. The van der Waals surface area contributed by atoms with E-state index in [4.69, 9.17) is 14.6 Å².